The summed E-state index contributed by atoms with van der Waals surface area (Å²) in [6, 6.07) is 33.5. The van der Waals surface area contributed by atoms with Gasteiger partial charge in [0, 0.05) is 70.5 Å². The molecule has 3 unspecified atom stereocenters. The van der Waals surface area contributed by atoms with E-state index in [0.717, 1.165) is 55.7 Å². The number of carbonyl (C=O) groups excluding carboxylic acids is 2. The number of aliphatic carboxylic acids is 2. The van der Waals surface area contributed by atoms with Gasteiger partial charge in [-0.3, -0.25) is 14.4 Å². The van der Waals surface area contributed by atoms with Crippen LogP contribution in [0.3, 0.4) is 0 Å². The van der Waals surface area contributed by atoms with Gasteiger partial charge in [-0.25, -0.2) is 4.79 Å². The van der Waals surface area contributed by atoms with Crippen LogP contribution in [-0.4, -0.2) is 57.2 Å². The molecule has 0 radical (unpaired) electrons. The predicted molar refractivity (Wildman–Crippen MR) is 229 cm³/mol. The van der Waals surface area contributed by atoms with E-state index in [9.17, 15) is 39.9 Å². The van der Waals surface area contributed by atoms with Crippen LogP contribution in [0.25, 0.3) is 21.8 Å². The van der Waals surface area contributed by atoms with Gasteiger partial charge in [-0.1, -0.05) is 43.3 Å². The number of hydrogen-bond donors (Lipinski definition) is 2. The van der Waals surface area contributed by atoms with Gasteiger partial charge in [0.15, 0.2) is 0 Å². The van der Waals surface area contributed by atoms with Crippen molar-refractivity contribution in [3.8, 4) is 12.1 Å². The Kier molecular flexibility index (Phi) is 11.9. The number of carboxylic acids is 2. The number of carboxylic acid groups (broad SMARTS) is 2. The van der Waals surface area contributed by atoms with Crippen molar-refractivity contribution in [1.29, 1.82) is 10.5 Å². The second-order valence-corrected chi connectivity index (χ2v) is 15.5. The number of aromatic nitrogens is 2. The summed E-state index contributed by atoms with van der Waals surface area (Å²) in [6.07, 6.45) is 4.16. The summed E-state index contributed by atoms with van der Waals surface area (Å²) < 4.78 is 3.73. The number of benzene rings is 4. The van der Waals surface area contributed by atoms with Gasteiger partial charge >= 0.3 is 11.9 Å². The minimum Gasteiger partial charge on any atom is -0.480 e. The summed E-state index contributed by atoms with van der Waals surface area (Å²) in [5.74, 6) is -2.03. The molecule has 60 heavy (non-hydrogen) atoms. The van der Waals surface area contributed by atoms with Gasteiger partial charge in [0.05, 0.1) is 23.3 Å². The number of nitrogens with zero attached hydrogens (tertiary/aromatic N) is 6. The molecule has 0 bridgehead atoms. The molecule has 6 aromatic rings. The second kappa shape index (κ2) is 17.4. The molecule has 2 heterocycles. The molecule has 3 atom stereocenters. The molecule has 0 spiro atoms. The average molecular weight is 803 g/mol. The van der Waals surface area contributed by atoms with Crippen molar-refractivity contribution in [1.82, 2.24) is 9.13 Å². The van der Waals surface area contributed by atoms with Crippen LogP contribution >= 0.6 is 0 Å². The molecule has 0 saturated carbocycles. The summed E-state index contributed by atoms with van der Waals surface area (Å²) >= 11 is 0. The molecule has 12 heteroatoms. The van der Waals surface area contributed by atoms with Crippen LogP contribution in [0.15, 0.2) is 97.1 Å². The summed E-state index contributed by atoms with van der Waals surface area (Å²) in [5.41, 5.74) is 8.32. The first-order valence-electron chi connectivity index (χ1n) is 20.1. The van der Waals surface area contributed by atoms with Crippen LogP contribution in [0.4, 0.5) is 11.4 Å². The van der Waals surface area contributed by atoms with Crippen LogP contribution in [0.1, 0.15) is 65.9 Å². The van der Waals surface area contributed by atoms with E-state index in [4.69, 9.17) is 0 Å². The van der Waals surface area contributed by atoms with Gasteiger partial charge in [0.1, 0.15) is 12.6 Å². The predicted octanol–water partition coefficient (Wildman–Crippen LogP) is 7.68. The summed E-state index contributed by atoms with van der Waals surface area (Å²) in [4.78, 5) is 53.1. The van der Waals surface area contributed by atoms with Gasteiger partial charge in [-0.2, -0.15) is 10.5 Å². The first-order valence-corrected chi connectivity index (χ1v) is 20.1. The molecule has 4 aromatic carbocycles. The smallest absolute Gasteiger partial charge is 0.326 e. The first-order chi connectivity index (χ1) is 28.9. The fraction of sp³-hybridized carbons (Fsp3) is 0.292. The molecule has 0 saturated heterocycles. The molecule has 0 fully saturated rings. The van der Waals surface area contributed by atoms with Gasteiger partial charge in [0.25, 0.3) is 0 Å². The Balaban J connectivity index is 0.000000182. The number of rotatable bonds is 9. The lowest BCUT2D eigenvalue weighted by molar-refractivity contribution is -0.141. The summed E-state index contributed by atoms with van der Waals surface area (Å²) in [6.45, 7) is 1.74. The van der Waals surface area contributed by atoms with E-state index in [1.807, 2.05) is 94.9 Å². The summed E-state index contributed by atoms with van der Waals surface area (Å²) in [5, 5.41) is 39.6. The van der Waals surface area contributed by atoms with Crippen molar-refractivity contribution in [3.63, 3.8) is 0 Å². The average Bonchev–Trinajstić information content (AvgIpc) is 3.76. The Morgan fingerprint density at radius 3 is 1.63 bits per heavy atom. The largest absolute Gasteiger partial charge is 0.480 e. The Morgan fingerprint density at radius 1 is 0.700 bits per heavy atom. The van der Waals surface area contributed by atoms with Crippen LogP contribution < -0.4 is 9.80 Å². The van der Waals surface area contributed by atoms with E-state index >= 15 is 0 Å². The molecule has 2 N–H and O–H groups in total. The number of amides is 2. The van der Waals surface area contributed by atoms with Gasteiger partial charge in [-0.05, 0) is 117 Å². The van der Waals surface area contributed by atoms with Crippen LogP contribution in [-0.2, 0) is 51.4 Å². The molecular formula is C48H46N6O6. The molecule has 8 rings (SSSR count). The maximum atomic E-state index is 13.2. The lowest BCUT2D eigenvalue weighted by atomic mass is 9.85. The molecule has 2 aliphatic carbocycles. The molecule has 304 valence electrons. The van der Waals surface area contributed by atoms with E-state index in [2.05, 4.69) is 12.1 Å². The van der Waals surface area contributed by atoms with Crippen molar-refractivity contribution in [2.75, 3.05) is 23.9 Å². The highest BCUT2D eigenvalue weighted by Gasteiger charge is 2.35. The third-order valence-corrected chi connectivity index (χ3v) is 12.0. The molecular weight excluding hydrogens is 757 g/mol. The number of para-hydroxylation sites is 2. The Labute approximate surface area is 348 Å². The standard InChI is InChI=1S/C25H25N3O3.C23H21N3O3/c1-3-21(25(30)31)28-22-11-9-16(15-26)13-19(22)20-14-17(10-12-23(20)28)24(29)27(2)18-7-5-4-6-8-18;1-25(17-5-3-2-4-6-17)23(29)16-8-10-21-19(12-16)18-11-15(13-24)7-9-20(18)26(21)14-22(27)28/h4-9,11,13,17,21H,3,10,12,14H2,1-2H3,(H,30,31);2-7,9,11,16H,8,10,12,14H2,1H3,(H,27,28). The van der Waals surface area contributed by atoms with Crippen molar-refractivity contribution in [3.05, 3.63) is 131 Å². The highest BCUT2D eigenvalue weighted by molar-refractivity contribution is 5.97. The van der Waals surface area contributed by atoms with E-state index in [0.29, 0.717) is 56.1 Å². The Bertz CT molecular complexity index is 2700. The lowest BCUT2D eigenvalue weighted by Gasteiger charge is -2.28. The fourth-order valence-corrected chi connectivity index (χ4v) is 9.05. The van der Waals surface area contributed by atoms with Gasteiger partial charge < -0.3 is 29.1 Å². The van der Waals surface area contributed by atoms with Crippen LogP contribution in [0.5, 0.6) is 0 Å². The monoisotopic (exact) mass is 802 g/mol. The Hall–Kier alpha value is -7.18. The van der Waals surface area contributed by atoms with Gasteiger partial charge in [0.2, 0.25) is 11.8 Å². The number of fused-ring (bicyclic) bond motifs is 6. The lowest BCUT2D eigenvalue weighted by Crippen LogP contribution is -2.36. The minimum atomic E-state index is -0.906. The zero-order valence-corrected chi connectivity index (χ0v) is 33.8. The first kappa shape index (κ1) is 41.0. The zero-order chi connectivity index (χ0) is 42.7. The number of hydrogen-bond acceptors (Lipinski definition) is 6. The number of nitriles is 2. The number of carbonyl (C=O) groups is 4. The van der Waals surface area contributed by atoms with Crippen LogP contribution in [0, 0.1) is 34.5 Å². The second-order valence-electron chi connectivity index (χ2n) is 15.5. The Morgan fingerprint density at radius 2 is 1.17 bits per heavy atom. The summed E-state index contributed by atoms with van der Waals surface area (Å²) in [7, 11) is 3.58. The van der Waals surface area contributed by atoms with Crippen molar-refractivity contribution >= 4 is 56.9 Å². The van der Waals surface area contributed by atoms with Crippen LogP contribution in [0.2, 0.25) is 0 Å². The minimum absolute atomic E-state index is 0.0532. The highest BCUT2D eigenvalue weighted by Crippen LogP contribution is 2.39. The zero-order valence-electron chi connectivity index (χ0n) is 33.8. The SMILES string of the molecule is CCC(C(=O)O)n1c2c(c3cc(C#N)ccc31)CC(C(=O)N(C)c1ccccc1)CC2.CN(C(=O)C1CCc2c(c3cc(C#N)ccc3n2CC(=O)O)C1)c1ccccc1. The van der Waals surface area contributed by atoms with E-state index in [-0.39, 0.29) is 30.2 Å². The molecule has 12 nitrogen and oxygen atoms in total. The normalized spacial score (nSPS) is 15.9. The van der Waals surface area contributed by atoms with Gasteiger partial charge in [-0.15, -0.1) is 0 Å². The quantitative estimate of drug-likeness (QED) is 0.150. The third-order valence-electron chi connectivity index (χ3n) is 12.0. The molecule has 2 aromatic heterocycles. The third kappa shape index (κ3) is 7.84. The maximum absolute atomic E-state index is 13.2. The maximum Gasteiger partial charge on any atom is 0.326 e. The highest BCUT2D eigenvalue weighted by atomic mass is 16.4. The molecule has 2 aliphatic rings. The van der Waals surface area contributed by atoms with E-state index < -0.39 is 18.0 Å². The van der Waals surface area contributed by atoms with Crippen molar-refractivity contribution < 1.29 is 29.4 Å². The fourth-order valence-electron chi connectivity index (χ4n) is 9.05. The van der Waals surface area contributed by atoms with E-state index in [1.165, 1.54) is 0 Å². The molecule has 2 amide bonds. The molecule has 0 aliphatic heterocycles. The van der Waals surface area contributed by atoms with E-state index in [1.54, 1.807) is 42.1 Å². The van der Waals surface area contributed by atoms with Crippen molar-refractivity contribution in [2.24, 2.45) is 11.8 Å². The topological polar surface area (TPSA) is 173 Å². The number of anilines is 2. The van der Waals surface area contributed by atoms with Crippen molar-refractivity contribution in [2.45, 2.75) is 64.5 Å².